The molecule has 2 fully saturated rings. The van der Waals surface area contributed by atoms with Crippen LogP contribution in [0.5, 0.6) is 0 Å². The predicted molar refractivity (Wildman–Crippen MR) is 76.3 cm³/mol. The van der Waals surface area contributed by atoms with Gasteiger partial charge in [-0.1, -0.05) is 6.42 Å². The zero-order chi connectivity index (χ0) is 12.8. The Balaban J connectivity index is 1.51. The second-order valence-corrected chi connectivity index (χ2v) is 6.35. The molecule has 100 valence electrons. The summed E-state index contributed by atoms with van der Waals surface area (Å²) in [6.07, 6.45) is 7.11. The fraction of sp³-hybridized carbons (Fsp3) is 0.562. The van der Waals surface area contributed by atoms with Crippen LogP contribution in [-0.2, 0) is 11.2 Å². The molecule has 1 amide bonds. The van der Waals surface area contributed by atoms with Gasteiger partial charge < -0.3 is 10.6 Å². The molecule has 4 rings (SSSR count). The van der Waals surface area contributed by atoms with E-state index in [4.69, 9.17) is 0 Å². The molecule has 1 aromatic rings. The van der Waals surface area contributed by atoms with Crippen molar-refractivity contribution < 1.29 is 4.79 Å². The fourth-order valence-corrected chi connectivity index (χ4v) is 4.11. The maximum Gasteiger partial charge on any atom is 0.224 e. The Bertz CT molecular complexity index is 525. The van der Waals surface area contributed by atoms with E-state index in [1.807, 2.05) is 6.07 Å². The molecule has 3 aliphatic rings. The van der Waals surface area contributed by atoms with Crippen LogP contribution in [0.15, 0.2) is 18.2 Å². The lowest BCUT2D eigenvalue weighted by atomic mass is 9.95. The third kappa shape index (κ3) is 2.01. The molecule has 2 saturated carbocycles. The molecule has 2 N–H and O–H groups in total. The van der Waals surface area contributed by atoms with Crippen LogP contribution >= 0.6 is 0 Å². The van der Waals surface area contributed by atoms with Crippen molar-refractivity contribution in [2.24, 2.45) is 11.8 Å². The van der Waals surface area contributed by atoms with Gasteiger partial charge in [0.05, 0.1) is 0 Å². The Morgan fingerprint density at radius 3 is 2.89 bits per heavy atom. The van der Waals surface area contributed by atoms with Crippen molar-refractivity contribution in [3.63, 3.8) is 0 Å². The highest BCUT2D eigenvalue weighted by Crippen LogP contribution is 2.45. The number of benzene rings is 1. The largest absolute Gasteiger partial charge is 0.382 e. The van der Waals surface area contributed by atoms with E-state index < -0.39 is 0 Å². The van der Waals surface area contributed by atoms with E-state index in [-0.39, 0.29) is 5.91 Å². The van der Waals surface area contributed by atoms with E-state index >= 15 is 0 Å². The Labute approximate surface area is 113 Å². The molecule has 3 unspecified atom stereocenters. The van der Waals surface area contributed by atoms with E-state index in [1.165, 1.54) is 36.9 Å². The first-order valence-corrected chi connectivity index (χ1v) is 7.47. The second kappa shape index (κ2) is 4.26. The molecular formula is C16H20N2O. The monoisotopic (exact) mass is 256 g/mol. The minimum atomic E-state index is 0.140. The summed E-state index contributed by atoms with van der Waals surface area (Å²) in [6, 6.07) is 7.05. The Morgan fingerprint density at radius 2 is 2.11 bits per heavy atom. The number of hydrogen-bond acceptors (Lipinski definition) is 2. The van der Waals surface area contributed by atoms with Crippen molar-refractivity contribution in [1.82, 2.24) is 0 Å². The van der Waals surface area contributed by atoms with Crippen molar-refractivity contribution >= 4 is 17.3 Å². The van der Waals surface area contributed by atoms with Gasteiger partial charge in [0, 0.05) is 23.8 Å². The Kier molecular flexibility index (Phi) is 2.54. The summed E-state index contributed by atoms with van der Waals surface area (Å²) in [4.78, 5) is 11.3. The van der Waals surface area contributed by atoms with Crippen molar-refractivity contribution in [3.05, 3.63) is 23.8 Å². The number of hydrogen-bond donors (Lipinski definition) is 2. The Hall–Kier alpha value is -1.51. The van der Waals surface area contributed by atoms with Gasteiger partial charge in [-0.3, -0.25) is 4.79 Å². The normalized spacial score (nSPS) is 32.0. The molecule has 1 heterocycles. The maximum absolute atomic E-state index is 11.3. The molecule has 3 nitrogen and oxygen atoms in total. The van der Waals surface area contributed by atoms with Crippen LogP contribution in [0.25, 0.3) is 0 Å². The van der Waals surface area contributed by atoms with Crippen LogP contribution in [-0.4, -0.2) is 11.9 Å². The van der Waals surface area contributed by atoms with E-state index in [9.17, 15) is 4.79 Å². The van der Waals surface area contributed by atoms with E-state index in [0.29, 0.717) is 12.5 Å². The average Bonchev–Trinajstić information content (AvgIpc) is 3.01. The fourth-order valence-electron chi connectivity index (χ4n) is 4.11. The lowest BCUT2D eigenvalue weighted by Crippen LogP contribution is -2.26. The number of carbonyl (C=O) groups excluding carboxylic acids is 1. The molecular weight excluding hydrogens is 236 g/mol. The molecule has 2 bridgehead atoms. The topological polar surface area (TPSA) is 41.1 Å². The predicted octanol–water partition coefficient (Wildman–Crippen LogP) is 3.17. The third-order valence-corrected chi connectivity index (χ3v) is 5.09. The van der Waals surface area contributed by atoms with E-state index in [1.54, 1.807) is 0 Å². The van der Waals surface area contributed by atoms with Gasteiger partial charge >= 0.3 is 0 Å². The first-order valence-electron chi connectivity index (χ1n) is 7.47. The van der Waals surface area contributed by atoms with Crippen LogP contribution in [0.1, 0.15) is 37.7 Å². The molecule has 0 spiro atoms. The number of carbonyl (C=O) groups is 1. The zero-order valence-electron chi connectivity index (χ0n) is 11.1. The number of aryl methyl sites for hydroxylation is 1. The van der Waals surface area contributed by atoms with Gasteiger partial charge in [0.2, 0.25) is 5.91 Å². The van der Waals surface area contributed by atoms with Gasteiger partial charge in [0.25, 0.3) is 0 Å². The van der Waals surface area contributed by atoms with Gasteiger partial charge in [0.1, 0.15) is 0 Å². The Morgan fingerprint density at radius 1 is 1.16 bits per heavy atom. The molecule has 2 aliphatic carbocycles. The summed E-state index contributed by atoms with van der Waals surface area (Å²) in [5.41, 5.74) is 3.50. The van der Waals surface area contributed by atoms with Gasteiger partial charge in [-0.2, -0.15) is 0 Å². The number of anilines is 2. The van der Waals surface area contributed by atoms with Crippen LogP contribution in [0.3, 0.4) is 0 Å². The smallest absolute Gasteiger partial charge is 0.224 e. The molecule has 1 aromatic carbocycles. The maximum atomic E-state index is 11.3. The van der Waals surface area contributed by atoms with E-state index in [0.717, 1.165) is 23.9 Å². The minimum Gasteiger partial charge on any atom is -0.382 e. The lowest BCUT2D eigenvalue weighted by Gasteiger charge is -2.25. The van der Waals surface area contributed by atoms with Crippen molar-refractivity contribution in [2.45, 2.75) is 44.6 Å². The first kappa shape index (κ1) is 11.3. The summed E-state index contributed by atoms with van der Waals surface area (Å²) >= 11 is 0. The summed E-state index contributed by atoms with van der Waals surface area (Å²) < 4.78 is 0. The van der Waals surface area contributed by atoms with Gasteiger partial charge in [-0.25, -0.2) is 0 Å². The minimum absolute atomic E-state index is 0.140. The standard InChI is InChI=1S/C16H20N2O/c19-16-6-3-12-9-13(4-5-14(12)18-16)17-15-8-10-1-2-11(15)7-10/h4-5,9-11,15,17H,1-3,6-8H2,(H,18,19). The van der Waals surface area contributed by atoms with Crippen molar-refractivity contribution in [3.8, 4) is 0 Å². The third-order valence-electron chi connectivity index (χ3n) is 5.09. The second-order valence-electron chi connectivity index (χ2n) is 6.35. The summed E-state index contributed by atoms with van der Waals surface area (Å²) in [5, 5.41) is 6.66. The quantitative estimate of drug-likeness (QED) is 0.853. The highest BCUT2D eigenvalue weighted by molar-refractivity contribution is 5.94. The summed E-state index contributed by atoms with van der Waals surface area (Å²) in [5.74, 6) is 2.00. The van der Waals surface area contributed by atoms with Gasteiger partial charge in [-0.15, -0.1) is 0 Å². The molecule has 0 radical (unpaired) electrons. The van der Waals surface area contributed by atoms with Crippen LogP contribution < -0.4 is 10.6 Å². The number of nitrogens with one attached hydrogen (secondary N) is 2. The number of rotatable bonds is 2. The van der Waals surface area contributed by atoms with Crippen molar-refractivity contribution in [1.29, 1.82) is 0 Å². The van der Waals surface area contributed by atoms with Crippen LogP contribution in [0.4, 0.5) is 11.4 Å². The molecule has 3 heteroatoms. The van der Waals surface area contributed by atoms with Crippen LogP contribution in [0, 0.1) is 11.8 Å². The lowest BCUT2D eigenvalue weighted by molar-refractivity contribution is -0.116. The molecule has 3 atom stereocenters. The molecule has 1 aliphatic heterocycles. The number of amides is 1. The van der Waals surface area contributed by atoms with Crippen LogP contribution in [0.2, 0.25) is 0 Å². The summed E-state index contributed by atoms with van der Waals surface area (Å²) in [7, 11) is 0. The molecule has 19 heavy (non-hydrogen) atoms. The number of fused-ring (bicyclic) bond motifs is 3. The highest BCUT2D eigenvalue weighted by atomic mass is 16.1. The SMILES string of the molecule is O=C1CCc2cc(NC3CC4CCC3C4)ccc2N1. The average molecular weight is 256 g/mol. The molecule has 0 aromatic heterocycles. The highest BCUT2D eigenvalue weighted by Gasteiger charge is 2.39. The van der Waals surface area contributed by atoms with Gasteiger partial charge in [-0.05, 0) is 61.3 Å². The van der Waals surface area contributed by atoms with Gasteiger partial charge in [0.15, 0.2) is 0 Å². The summed E-state index contributed by atoms with van der Waals surface area (Å²) in [6.45, 7) is 0. The zero-order valence-corrected chi connectivity index (χ0v) is 11.1. The first-order chi connectivity index (χ1) is 9.28. The van der Waals surface area contributed by atoms with E-state index in [2.05, 4.69) is 22.8 Å². The van der Waals surface area contributed by atoms with Crippen molar-refractivity contribution in [2.75, 3.05) is 10.6 Å². The molecule has 0 saturated heterocycles.